The highest BCUT2D eigenvalue weighted by atomic mass is 35.5. The third-order valence-corrected chi connectivity index (χ3v) is 4.45. The number of nitrogens with zero attached hydrogens (tertiary/aromatic N) is 1. The molecular weight excluding hydrogens is 315 g/mol. The maximum Gasteiger partial charge on any atom is 0.307 e. The summed E-state index contributed by atoms with van der Waals surface area (Å²) in [6.45, 7) is 3.86. The topological polar surface area (TPSA) is 89.3 Å². The first-order valence-corrected chi connectivity index (χ1v) is 7.52. The van der Waals surface area contributed by atoms with E-state index in [2.05, 4.69) is 4.72 Å². The third kappa shape index (κ3) is 3.79. The van der Waals surface area contributed by atoms with Gasteiger partial charge < -0.3 is 0 Å². The molecule has 0 aliphatic rings. The van der Waals surface area contributed by atoms with Gasteiger partial charge in [-0.2, -0.15) is 0 Å². The first-order valence-electron chi connectivity index (χ1n) is 5.29. The molecule has 1 aromatic carbocycles. The monoisotopic (exact) mass is 326 g/mol. The number of halogens is 2. The maximum atomic E-state index is 12.0. The first kappa shape index (κ1) is 16.2. The van der Waals surface area contributed by atoms with E-state index in [1.165, 1.54) is 0 Å². The molecule has 0 amide bonds. The largest absolute Gasteiger partial charge is 0.307 e. The molecule has 1 N–H and O–H groups in total. The van der Waals surface area contributed by atoms with Gasteiger partial charge in [0.25, 0.3) is 0 Å². The van der Waals surface area contributed by atoms with E-state index in [1.807, 2.05) is 13.8 Å². The molecule has 0 saturated carbocycles. The van der Waals surface area contributed by atoms with Gasteiger partial charge in [0.05, 0.1) is 4.92 Å². The predicted octanol–water partition coefficient (Wildman–Crippen LogP) is 2.84. The second kappa shape index (κ2) is 6.04. The molecule has 0 spiro atoms. The number of nitro benzene ring substituents is 1. The van der Waals surface area contributed by atoms with Crippen molar-refractivity contribution < 1.29 is 13.3 Å². The molecule has 0 atom stereocenters. The van der Waals surface area contributed by atoms with Crippen molar-refractivity contribution in [2.75, 3.05) is 6.54 Å². The average Bonchev–Trinajstić information content (AvgIpc) is 2.25. The summed E-state index contributed by atoms with van der Waals surface area (Å²) in [4.78, 5) is 9.64. The van der Waals surface area contributed by atoms with Crippen LogP contribution in [0.5, 0.6) is 0 Å². The van der Waals surface area contributed by atoms with Gasteiger partial charge in [0, 0.05) is 6.54 Å². The molecule has 0 radical (unpaired) electrons. The predicted molar refractivity (Wildman–Crippen MR) is 73.1 cm³/mol. The summed E-state index contributed by atoms with van der Waals surface area (Å²) in [6.07, 6.45) is 0. The zero-order valence-electron chi connectivity index (χ0n) is 10.2. The van der Waals surface area contributed by atoms with Crippen molar-refractivity contribution in [3.63, 3.8) is 0 Å². The average molecular weight is 327 g/mol. The number of sulfonamides is 1. The molecule has 0 aliphatic heterocycles. The van der Waals surface area contributed by atoms with Crippen LogP contribution in [0.1, 0.15) is 13.8 Å². The Morgan fingerprint density at radius 3 is 2.42 bits per heavy atom. The Hall–Kier alpha value is -0.890. The zero-order valence-corrected chi connectivity index (χ0v) is 12.5. The zero-order chi connectivity index (χ0) is 14.8. The van der Waals surface area contributed by atoms with Crippen molar-refractivity contribution in [2.24, 2.45) is 5.92 Å². The minimum atomic E-state index is -3.90. The van der Waals surface area contributed by atoms with Gasteiger partial charge in [0.15, 0.2) is 0 Å². The highest BCUT2D eigenvalue weighted by molar-refractivity contribution is 7.89. The smallest absolute Gasteiger partial charge is 0.258 e. The van der Waals surface area contributed by atoms with Crippen molar-refractivity contribution >= 4 is 38.9 Å². The fourth-order valence-corrected chi connectivity index (χ4v) is 3.35. The number of benzene rings is 1. The molecular formula is C10H12Cl2N2O4S. The Morgan fingerprint density at radius 1 is 1.37 bits per heavy atom. The molecule has 19 heavy (non-hydrogen) atoms. The second-order valence-corrected chi connectivity index (χ2v) is 6.73. The number of nitrogens with one attached hydrogen (secondary N) is 1. The van der Waals surface area contributed by atoms with Crippen molar-refractivity contribution in [1.29, 1.82) is 0 Å². The van der Waals surface area contributed by atoms with Crippen LogP contribution in [-0.2, 0) is 10.0 Å². The standard InChI is InChI=1S/C10H12Cl2N2O4S/c1-6(2)5-13-19(17,18)8-4-3-7(11)10(9(8)12)14(15)16/h3-4,6,13H,5H2,1-2H3. The van der Waals surface area contributed by atoms with Gasteiger partial charge in [-0.3, -0.25) is 10.1 Å². The fraction of sp³-hybridized carbons (Fsp3) is 0.400. The van der Waals surface area contributed by atoms with Crippen molar-refractivity contribution in [2.45, 2.75) is 18.7 Å². The van der Waals surface area contributed by atoms with E-state index in [4.69, 9.17) is 23.2 Å². The van der Waals surface area contributed by atoms with Crippen LogP contribution in [-0.4, -0.2) is 19.9 Å². The van der Waals surface area contributed by atoms with Crippen LogP contribution in [0.3, 0.4) is 0 Å². The fourth-order valence-electron chi connectivity index (χ4n) is 1.25. The highest BCUT2D eigenvalue weighted by Gasteiger charge is 2.27. The Morgan fingerprint density at radius 2 is 1.95 bits per heavy atom. The number of nitro groups is 1. The number of hydrogen-bond acceptors (Lipinski definition) is 4. The summed E-state index contributed by atoms with van der Waals surface area (Å²) < 4.78 is 26.3. The summed E-state index contributed by atoms with van der Waals surface area (Å²) in [7, 11) is -3.90. The quantitative estimate of drug-likeness (QED) is 0.665. The van der Waals surface area contributed by atoms with Gasteiger partial charge in [-0.25, -0.2) is 13.1 Å². The van der Waals surface area contributed by atoms with E-state index in [1.54, 1.807) is 0 Å². The first-order chi connectivity index (χ1) is 8.66. The Balaban J connectivity index is 3.29. The van der Waals surface area contributed by atoms with Crippen molar-refractivity contribution in [1.82, 2.24) is 4.72 Å². The lowest BCUT2D eigenvalue weighted by atomic mass is 10.2. The summed E-state index contributed by atoms with van der Waals surface area (Å²) in [5.74, 6) is 0.0934. The molecule has 1 rings (SSSR count). The van der Waals surface area contributed by atoms with Gasteiger partial charge in [-0.15, -0.1) is 0 Å². The molecule has 0 aromatic heterocycles. The van der Waals surface area contributed by atoms with E-state index < -0.39 is 25.7 Å². The SMILES string of the molecule is CC(C)CNS(=O)(=O)c1ccc(Cl)c([N+](=O)[O-])c1Cl. The maximum absolute atomic E-state index is 12.0. The van der Waals surface area contributed by atoms with E-state index in [-0.39, 0.29) is 22.4 Å². The van der Waals surface area contributed by atoms with Crippen LogP contribution < -0.4 is 4.72 Å². The Kier molecular flexibility index (Phi) is 5.14. The van der Waals surface area contributed by atoms with Crippen molar-refractivity contribution in [3.05, 3.63) is 32.3 Å². The third-order valence-electron chi connectivity index (χ3n) is 2.19. The van der Waals surface area contributed by atoms with E-state index in [9.17, 15) is 18.5 Å². The molecule has 6 nitrogen and oxygen atoms in total. The van der Waals surface area contributed by atoms with Crippen molar-refractivity contribution in [3.8, 4) is 0 Å². The molecule has 0 bridgehead atoms. The van der Waals surface area contributed by atoms with E-state index in [0.29, 0.717) is 0 Å². The molecule has 0 aliphatic carbocycles. The van der Waals surface area contributed by atoms with Gasteiger partial charge >= 0.3 is 5.69 Å². The van der Waals surface area contributed by atoms with Crippen LogP contribution in [0.4, 0.5) is 5.69 Å². The Bertz CT molecular complexity index is 602. The normalized spacial score (nSPS) is 11.8. The highest BCUT2D eigenvalue weighted by Crippen LogP contribution is 2.36. The molecule has 0 unspecified atom stereocenters. The molecule has 1 aromatic rings. The summed E-state index contributed by atoms with van der Waals surface area (Å²) in [6, 6.07) is 2.27. The van der Waals surface area contributed by atoms with Crippen LogP contribution in [0.25, 0.3) is 0 Å². The second-order valence-electron chi connectivity index (χ2n) is 4.21. The molecule has 0 saturated heterocycles. The van der Waals surface area contributed by atoms with Crippen LogP contribution in [0, 0.1) is 16.0 Å². The van der Waals surface area contributed by atoms with E-state index >= 15 is 0 Å². The number of rotatable bonds is 5. The Labute approximate surface area is 120 Å². The summed E-state index contributed by atoms with van der Waals surface area (Å²) in [5.41, 5.74) is -0.615. The van der Waals surface area contributed by atoms with Gasteiger partial charge in [-0.1, -0.05) is 37.0 Å². The lowest BCUT2D eigenvalue weighted by Gasteiger charge is -2.10. The summed E-state index contributed by atoms with van der Waals surface area (Å²) in [5, 5.41) is 10.1. The minimum absolute atomic E-state index is 0.0934. The van der Waals surface area contributed by atoms with Crippen LogP contribution in [0.15, 0.2) is 17.0 Å². The lowest BCUT2D eigenvalue weighted by molar-refractivity contribution is -0.384. The molecule has 9 heteroatoms. The van der Waals surface area contributed by atoms with Crippen LogP contribution in [0.2, 0.25) is 10.0 Å². The molecule has 106 valence electrons. The summed E-state index contributed by atoms with van der Waals surface area (Å²) >= 11 is 11.4. The number of hydrogen-bond donors (Lipinski definition) is 1. The van der Waals surface area contributed by atoms with Gasteiger partial charge in [-0.05, 0) is 18.1 Å². The lowest BCUT2D eigenvalue weighted by Crippen LogP contribution is -2.27. The minimum Gasteiger partial charge on any atom is -0.258 e. The molecule has 0 heterocycles. The molecule has 0 fully saturated rings. The van der Waals surface area contributed by atoms with Crippen LogP contribution >= 0.6 is 23.2 Å². The van der Waals surface area contributed by atoms with Gasteiger partial charge in [0.2, 0.25) is 10.0 Å². The van der Waals surface area contributed by atoms with Gasteiger partial charge in [0.1, 0.15) is 14.9 Å². The van der Waals surface area contributed by atoms with E-state index in [0.717, 1.165) is 12.1 Å².